The second-order valence-corrected chi connectivity index (χ2v) is 14.1. The van der Waals surface area contributed by atoms with E-state index in [4.69, 9.17) is 0 Å². The maximum atomic E-state index is 13.2. The zero-order chi connectivity index (χ0) is 23.4. The summed E-state index contributed by atoms with van der Waals surface area (Å²) in [4.78, 5) is 29.4. The standard InChI is InChI=1S/C25H40N2O5S/c1-17-16-26(13-14-27(17)24(29)25(30)11-12-25)23(28)19-7-5-18(6-8-19)20-3-2-4-22(15-20)33(31,32)21-9-10-21/h17-22,30H,2-16H2,1H3. The molecule has 5 rings (SSSR count). The van der Waals surface area contributed by atoms with E-state index in [9.17, 15) is 23.1 Å². The second-order valence-electron chi connectivity index (χ2n) is 11.6. The van der Waals surface area contributed by atoms with Gasteiger partial charge in [-0.05, 0) is 83.0 Å². The zero-order valence-corrected chi connectivity index (χ0v) is 20.8. The Balaban J connectivity index is 1.11. The van der Waals surface area contributed by atoms with E-state index in [-0.39, 0.29) is 34.3 Å². The first-order valence-corrected chi connectivity index (χ1v) is 14.8. The van der Waals surface area contributed by atoms with Gasteiger partial charge in [-0.3, -0.25) is 9.59 Å². The van der Waals surface area contributed by atoms with Crippen LogP contribution in [0.3, 0.4) is 0 Å². The summed E-state index contributed by atoms with van der Waals surface area (Å²) in [5, 5.41) is 9.98. The molecule has 2 amide bonds. The lowest BCUT2D eigenvalue weighted by molar-refractivity contribution is -0.152. The van der Waals surface area contributed by atoms with Gasteiger partial charge in [-0.15, -0.1) is 0 Å². The summed E-state index contributed by atoms with van der Waals surface area (Å²) in [7, 11) is -2.92. The van der Waals surface area contributed by atoms with Crippen molar-refractivity contribution < 1.29 is 23.1 Å². The lowest BCUT2D eigenvalue weighted by Crippen LogP contribution is -2.58. The van der Waals surface area contributed by atoms with Crippen LogP contribution in [0.25, 0.3) is 0 Å². The molecule has 8 heteroatoms. The first kappa shape index (κ1) is 23.6. The van der Waals surface area contributed by atoms with Crippen LogP contribution in [0.15, 0.2) is 0 Å². The minimum absolute atomic E-state index is 0.0536. The molecule has 0 aromatic heterocycles. The van der Waals surface area contributed by atoms with E-state index in [1.54, 1.807) is 4.90 Å². The van der Waals surface area contributed by atoms with Crippen LogP contribution in [0.1, 0.15) is 84.0 Å². The highest BCUT2D eigenvalue weighted by Crippen LogP contribution is 2.44. The molecule has 33 heavy (non-hydrogen) atoms. The fourth-order valence-corrected chi connectivity index (χ4v) is 9.08. The fourth-order valence-electron chi connectivity index (χ4n) is 6.73. The predicted octanol–water partition coefficient (Wildman–Crippen LogP) is 2.51. The zero-order valence-electron chi connectivity index (χ0n) is 20.0. The van der Waals surface area contributed by atoms with Crippen molar-refractivity contribution in [1.29, 1.82) is 0 Å². The number of piperazine rings is 1. The minimum Gasteiger partial charge on any atom is -0.380 e. The third-order valence-corrected chi connectivity index (χ3v) is 12.0. The Kier molecular flexibility index (Phi) is 6.30. The maximum Gasteiger partial charge on any atom is 0.254 e. The van der Waals surface area contributed by atoms with Gasteiger partial charge in [0.1, 0.15) is 5.60 Å². The molecular weight excluding hydrogens is 440 g/mol. The highest BCUT2D eigenvalue weighted by Gasteiger charge is 2.51. The van der Waals surface area contributed by atoms with Crippen molar-refractivity contribution in [3.63, 3.8) is 0 Å². The molecule has 3 unspecified atom stereocenters. The van der Waals surface area contributed by atoms with Crippen molar-refractivity contribution in [3.8, 4) is 0 Å². The maximum absolute atomic E-state index is 13.2. The highest BCUT2D eigenvalue weighted by molar-refractivity contribution is 7.92. The van der Waals surface area contributed by atoms with E-state index in [0.29, 0.717) is 44.3 Å². The number of sulfone groups is 1. The van der Waals surface area contributed by atoms with Crippen molar-refractivity contribution in [2.75, 3.05) is 19.6 Å². The number of carbonyl (C=O) groups excluding carboxylic acids is 2. The Hall–Kier alpha value is -1.15. The van der Waals surface area contributed by atoms with Gasteiger partial charge in [0, 0.05) is 31.6 Å². The number of hydrogen-bond acceptors (Lipinski definition) is 5. The lowest BCUT2D eigenvalue weighted by atomic mass is 9.70. The quantitative estimate of drug-likeness (QED) is 0.652. The summed E-state index contributed by atoms with van der Waals surface area (Å²) >= 11 is 0. The molecule has 0 aromatic carbocycles. The SMILES string of the molecule is CC1CN(C(=O)C2CCC(C3CCCC(S(=O)(=O)C4CC4)C3)CC2)CCN1C(=O)C1(O)CC1. The number of amides is 2. The topological polar surface area (TPSA) is 95.0 Å². The van der Waals surface area contributed by atoms with Crippen molar-refractivity contribution >= 4 is 21.7 Å². The van der Waals surface area contributed by atoms with Gasteiger partial charge in [-0.25, -0.2) is 8.42 Å². The van der Waals surface area contributed by atoms with E-state index < -0.39 is 15.4 Å². The average molecular weight is 481 g/mol. The Morgan fingerprint density at radius 3 is 2.18 bits per heavy atom. The molecule has 1 aliphatic heterocycles. The molecular formula is C25H40N2O5S. The third-order valence-electron chi connectivity index (χ3n) is 9.23. The van der Waals surface area contributed by atoms with Crippen LogP contribution in [-0.2, 0) is 19.4 Å². The number of nitrogens with zero attached hydrogens (tertiary/aromatic N) is 2. The van der Waals surface area contributed by atoms with Gasteiger partial charge in [-0.1, -0.05) is 12.8 Å². The monoisotopic (exact) mass is 480 g/mol. The Bertz CT molecular complexity index is 873. The Morgan fingerprint density at radius 1 is 0.879 bits per heavy atom. The summed E-state index contributed by atoms with van der Waals surface area (Å²) in [6.07, 6.45) is 10.5. The van der Waals surface area contributed by atoms with E-state index in [2.05, 4.69) is 0 Å². The van der Waals surface area contributed by atoms with Crippen LogP contribution < -0.4 is 0 Å². The largest absolute Gasteiger partial charge is 0.380 e. The van der Waals surface area contributed by atoms with Crippen LogP contribution in [0, 0.1) is 17.8 Å². The van der Waals surface area contributed by atoms with E-state index >= 15 is 0 Å². The fraction of sp³-hybridized carbons (Fsp3) is 0.920. The molecule has 4 saturated carbocycles. The summed E-state index contributed by atoms with van der Waals surface area (Å²) in [5.41, 5.74) is -1.14. The molecule has 3 atom stereocenters. The first-order chi connectivity index (χ1) is 15.7. The van der Waals surface area contributed by atoms with Gasteiger partial charge in [0.15, 0.2) is 9.84 Å². The molecule has 0 radical (unpaired) electrons. The summed E-state index contributed by atoms with van der Waals surface area (Å²) in [6, 6.07) is -0.0660. The van der Waals surface area contributed by atoms with Gasteiger partial charge in [0.05, 0.1) is 10.5 Å². The van der Waals surface area contributed by atoms with Crippen LogP contribution >= 0.6 is 0 Å². The van der Waals surface area contributed by atoms with E-state index in [1.807, 2.05) is 11.8 Å². The number of carbonyl (C=O) groups is 2. The van der Waals surface area contributed by atoms with Crippen LogP contribution in [0.4, 0.5) is 0 Å². The molecule has 0 bridgehead atoms. The Labute approximate surface area is 198 Å². The summed E-state index contributed by atoms with van der Waals surface area (Å²) < 4.78 is 25.5. The van der Waals surface area contributed by atoms with Crippen molar-refractivity contribution in [1.82, 2.24) is 9.80 Å². The smallest absolute Gasteiger partial charge is 0.254 e. The molecule has 1 heterocycles. The molecule has 186 valence electrons. The van der Waals surface area contributed by atoms with Crippen molar-refractivity contribution in [3.05, 3.63) is 0 Å². The van der Waals surface area contributed by atoms with E-state index in [1.165, 1.54) is 0 Å². The molecule has 0 spiro atoms. The molecule has 1 N–H and O–H groups in total. The van der Waals surface area contributed by atoms with Crippen molar-refractivity contribution in [2.24, 2.45) is 17.8 Å². The van der Waals surface area contributed by atoms with Crippen LogP contribution in [-0.4, -0.2) is 76.9 Å². The highest BCUT2D eigenvalue weighted by atomic mass is 32.2. The average Bonchev–Trinajstić information content (AvgIpc) is 3.75. The van der Waals surface area contributed by atoms with Crippen LogP contribution in [0.5, 0.6) is 0 Å². The minimum atomic E-state index is -2.92. The van der Waals surface area contributed by atoms with Gasteiger partial charge >= 0.3 is 0 Å². The van der Waals surface area contributed by atoms with Gasteiger partial charge in [0.25, 0.3) is 5.91 Å². The molecule has 5 aliphatic rings. The molecule has 4 aliphatic carbocycles. The third kappa shape index (κ3) is 4.71. The van der Waals surface area contributed by atoms with Gasteiger partial charge in [-0.2, -0.15) is 0 Å². The normalized spacial score (nSPS) is 37.0. The summed E-state index contributed by atoms with van der Waals surface area (Å²) in [5.74, 6) is 1.15. The lowest BCUT2D eigenvalue weighted by Gasteiger charge is -2.43. The molecule has 1 saturated heterocycles. The van der Waals surface area contributed by atoms with E-state index in [0.717, 1.165) is 64.2 Å². The summed E-state index contributed by atoms with van der Waals surface area (Å²) in [6.45, 7) is 3.57. The first-order valence-electron chi connectivity index (χ1n) is 13.2. The van der Waals surface area contributed by atoms with Crippen molar-refractivity contribution in [2.45, 2.75) is 106 Å². The number of hydrogen-bond donors (Lipinski definition) is 1. The van der Waals surface area contributed by atoms with Gasteiger partial charge < -0.3 is 14.9 Å². The number of rotatable bonds is 5. The number of aliphatic hydroxyl groups is 1. The predicted molar refractivity (Wildman–Crippen MR) is 125 cm³/mol. The molecule has 7 nitrogen and oxygen atoms in total. The van der Waals surface area contributed by atoms with Gasteiger partial charge in [0.2, 0.25) is 5.91 Å². The second kappa shape index (κ2) is 8.81. The molecule has 5 fully saturated rings. The Morgan fingerprint density at radius 2 is 1.58 bits per heavy atom. The van der Waals surface area contributed by atoms with Crippen LogP contribution in [0.2, 0.25) is 0 Å². The molecule has 0 aromatic rings.